The Morgan fingerprint density at radius 2 is 2.05 bits per heavy atom. The van der Waals surface area contributed by atoms with Crippen LogP contribution in [0.15, 0.2) is 29.4 Å². The Kier molecular flexibility index (Phi) is 3.55. The lowest BCUT2D eigenvalue weighted by atomic mass is 10.0. The molecule has 0 radical (unpaired) electrons. The summed E-state index contributed by atoms with van der Waals surface area (Å²) in [4.78, 5) is 29.8. The predicted molar refractivity (Wildman–Crippen MR) is 74.9 cm³/mol. The molecule has 21 heavy (non-hydrogen) atoms. The van der Waals surface area contributed by atoms with Crippen LogP contribution in [0.25, 0.3) is 0 Å². The molecule has 7 nitrogen and oxygen atoms in total. The van der Waals surface area contributed by atoms with E-state index in [1.165, 1.54) is 6.07 Å². The quantitative estimate of drug-likeness (QED) is 0.626. The molecule has 1 amide bonds. The van der Waals surface area contributed by atoms with E-state index in [0.29, 0.717) is 11.3 Å². The highest BCUT2D eigenvalue weighted by molar-refractivity contribution is 6.06. The second kappa shape index (κ2) is 5.51. The van der Waals surface area contributed by atoms with E-state index in [-0.39, 0.29) is 18.0 Å². The first-order valence-corrected chi connectivity index (χ1v) is 6.92. The molecule has 0 spiro atoms. The van der Waals surface area contributed by atoms with E-state index in [0.717, 1.165) is 25.9 Å². The minimum absolute atomic E-state index is 0.0193. The second-order valence-corrected chi connectivity index (χ2v) is 5.14. The topological polar surface area (TPSA) is 85.0 Å². The molecule has 2 aliphatic rings. The average Bonchev–Trinajstić information content (AvgIpc) is 3.18. The van der Waals surface area contributed by atoms with Crippen LogP contribution in [0.3, 0.4) is 0 Å². The van der Waals surface area contributed by atoms with Crippen molar-refractivity contribution in [2.45, 2.75) is 25.4 Å². The smallest absolute Gasteiger partial charge is 0.278 e. The van der Waals surface area contributed by atoms with Crippen LogP contribution in [0.1, 0.15) is 24.8 Å². The Hall–Kier alpha value is -2.44. The number of nitrogens with zero attached hydrogens (tertiary/aromatic N) is 3. The lowest BCUT2D eigenvalue weighted by Gasteiger charge is -2.18. The summed E-state index contributed by atoms with van der Waals surface area (Å²) in [6, 6.07) is 6.36. The molecule has 0 bridgehead atoms. The molecule has 2 heterocycles. The van der Waals surface area contributed by atoms with Crippen LogP contribution in [0.4, 0.5) is 5.69 Å². The molecule has 0 N–H and O–H groups in total. The number of para-hydroxylation sites is 1. The van der Waals surface area contributed by atoms with E-state index in [9.17, 15) is 14.9 Å². The van der Waals surface area contributed by atoms with Gasteiger partial charge in [-0.15, -0.1) is 0 Å². The number of carbonyl (C=O) groups is 1. The molecule has 0 unspecified atom stereocenters. The fraction of sp³-hybridized carbons (Fsp3) is 0.429. The normalized spacial score (nSPS) is 21.0. The first-order chi connectivity index (χ1) is 10.2. The SMILES string of the molecule is O=C([C@H]1CC(c2ccccc2[N+](=O)[O-])=NO1)N1CCCC1. The summed E-state index contributed by atoms with van der Waals surface area (Å²) in [7, 11) is 0. The van der Waals surface area contributed by atoms with Gasteiger partial charge in [-0.25, -0.2) is 0 Å². The van der Waals surface area contributed by atoms with E-state index < -0.39 is 11.0 Å². The number of nitro groups is 1. The van der Waals surface area contributed by atoms with Gasteiger partial charge in [0, 0.05) is 25.6 Å². The fourth-order valence-corrected chi connectivity index (χ4v) is 2.69. The fourth-order valence-electron chi connectivity index (χ4n) is 2.69. The molecule has 0 aliphatic carbocycles. The van der Waals surface area contributed by atoms with Gasteiger partial charge in [-0.2, -0.15) is 0 Å². The lowest BCUT2D eigenvalue weighted by Crippen LogP contribution is -2.37. The lowest BCUT2D eigenvalue weighted by molar-refractivity contribution is -0.385. The van der Waals surface area contributed by atoms with Gasteiger partial charge in [0.25, 0.3) is 11.6 Å². The number of carbonyl (C=O) groups excluding carboxylic acids is 1. The van der Waals surface area contributed by atoms with Gasteiger partial charge in [-0.1, -0.05) is 17.3 Å². The van der Waals surface area contributed by atoms with Crippen LogP contribution in [-0.4, -0.2) is 40.6 Å². The van der Waals surface area contributed by atoms with E-state index in [1.807, 2.05) is 0 Å². The molecule has 1 aromatic rings. The molecule has 1 atom stereocenters. The average molecular weight is 289 g/mol. The highest BCUT2D eigenvalue weighted by atomic mass is 16.6. The van der Waals surface area contributed by atoms with Gasteiger partial charge < -0.3 is 9.74 Å². The van der Waals surface area contributed by atoms with Gasteiger partial charge in [0.1, 0.15) is 0 Å². The summed E-state index contributed by atoms with van der Waals surface area (Å²) in [5.41, 5.74) is 0.855. The van der Waals surface area contributed by atoms with Crippen molar-refractivity contribution in [2.24, 2.45) is 5.16 Å². The van der Waals surface area contributed by atoms with Gasteiger partial charge in [0.15, 0.2) is 0 Å². The third kappa shape index (κ3) is 2.58. The molecule has 1 saturated heterocycles. The molecule has 2 aliphatic heterocycles. The third-order valence-electron chi connectivity index (χ3n) is 3.77. The molecular formula is C14H15N3O4. The Bertz CT molecular complexity index is 608. The summed E-state index contributed by atoms with van der Waals surface area (Å²) in [6.45, 7) is 1.50. The van der Waals surface area contributed by atoms with E-state index in [1.54, 1.807) is 23.1 Å². The Balaban J connectivity index is 1.75. The number of benzene rings is 1. The van der Waals surface area contributed by atoms with Crippen LogP contribution in [0.2, 0.25) is 0 Å². The molecule has 110 valence electrons. The Morgan fingerprint density at radius 3 is 2.76 bits per heavy atom. The van der Waals surface area contributed by atoms with Crippen molar-refractivity contribution >= 4 is 17.3 Å². The van der Waals surface area contributed by atoms with Gasteiger partial charge in [-0.05, 0) is 18.9 Å². The molecular weight excluding hydrogens is 274 g/mol. The van der Waals surface area contributed by atoms with Crippen LogP contribution in [0, 0.1) is 10.1 Å². The largest absolute Gasteiger partial charge is 0.382 e. The van der Waals surface area contributed by atoms with Crippen LogP contribution in [0.5, 0.6) is 0 Å². The van der Waals surface area contributed by atoms with E-state index >= 15 is 0 Å². The summed E-state index contributed by atoms with van der Waals surface area (Å²) in [5.74, 6) is -0.0789. The molecule has 7 heteroatoms. The zero-order chi connectivity index (χ0) is 14.8. The van der Waals surface area contributed by atoms with Crippen molar-refractivity contribution in [3.63, 3.8) is 0 Å². The van der Waals surface area contributed by atoms with Gasteiger partial charge in [-0.3, -0.25) is 14.9 Å². The van der Waals surface area contributed by atoms with Gasteiger partial charge >= 0.3 is 0 Å². The highest BCUT2D eigenvalue weighted by Gasteiger charge is 2.35. The first kappa shape index (κ1) is 13.5. The van der Waals surface area contributed by atoms with Gasteiger partial charge in [0.2, 0.25) is 6.10 Å². The minimum Gasteiger partial charge on any atom is -0.382 e. The number of hydrogen-bond acceptors (Lipinski definition) is 5. The van der Waals surface area contributed by atoms with Crippen molar-refractivity contribution in [1.29, 1.82) is 0 Å². The Labute approximate surface area is 121 Å². The zero-order valence-corrected chi connectivity index (χ0v) is 11.4. The molecule has 0 aromatic heterocycles. The molecule has 0 saturated carbocycles. The molecule has 1 aromatic carbocycles. The third-order valence-corrected chi connectivity index (χ3v) is 3.77. The first-order valence-electron chi connectivity index (χ1n) is 6.92. The number of oxime groups is 1. The predicted octanol–water partition coefficient (Wildman–Crippen LogP) is 1.71. The van der Waals surface area contributed by atoms with Crippen molar-refractivity contribution in [3.05, 3.63) is 39.9 Å². The zero-order valence-electron chi connectivity index (χ0n) is 11.4. The van der Waals surface area contributed by atoms with Crippen LogP contribution in [-0.2, 0) is 9.63 Å². The maximum Gasteiger partial charge on any atom is 0.278 e. The Morgan fingerprint density at radius 1 is 1.33 bits per heavy atom. The van der Waals surface area contributed by atoms with Crippen molar-refractivity contribution in [2.75, 3.05) is 13.1 Å². The van der Waals surface area contributed by atoms with Crippen molar-refractivity contribution in [1.82, 2.24) is 4.90 Å². The van der Waals surface area contributed by atoms with Crippen LogP contribution >= 0.6 is 0 Å². The van der Waals surface area contributed by atoms with Gasteiger partial charge in [0.05, 0.1) is 16.2 Å². The van der Waals surface area contributed by atoms with E-state index in [2.05, 4.69) is 5.16 Å². The standard InChI is InChI=1S/C14H15N3O4/c18-14(16-7-3-4-8-16)13-9-11(15-21-13)10-5-1-2-6-12(10)17(19)20/h1-2,5-6,13H,3-4,7-9H2/t13-/m1/s1. The maximum absolute atomic E-state index is 12.2. The highest BCUT2D eigenvalue weighted by Crippen LogP contribution is 2.25. The number of amides is 1. The monoisotopic (exact) mass is 289 g/mol. The second-order valence-electron chi connectivity index (χ2n) is 5.14. The number of hydrogen-bond donors (Lipinski definition) is 0. The minimum atomic E-state index is -0.655. The van der Waals surface area contributed by atoms with Crippen LogP contribution < -0.4 is 0 Å². The summed E-state index contributed by atoms with van der Waals surface area (Å²) in [5, 5.41) is 14.9. The summed E-state index contributed by atoms with van der Waals surface area (Å²) >= 11 is 0. The van der Waals surface area contributed by atoms with E-state index in [4.69, 9.17) is 4.84 Å². The summed E-state index contributed by atoms with van der Waals surface area (Å²) < 4.78 is 0. The maximum atomic E-state index is 12.2. The van der Waals surface area contributed by atoms with Crippen molar-refractivity contribution in [3.8, 4) is 0 Å². The number of nitro benzene ring substituents is 1. The number of likely N-dealkylation sites (tertiary alicyclic amines) is 1. The molecule has 3 rings (SSSR count). The summed E-state index contributed by atoms with van der Waals surface area (Å²) in [6.07, 6.45) is 1.64. The van der Waals surface area contributed by atoms with Crippen molar-refractivity contribution < 1.29 is 14.6 Å². The molecule has 1 fully saturated rings. The number of rotatable bonds is 3.